The van der Waals surface area contributed by atoms with E-state index in [9.17, 15) is 0 Å². The van der Waals surface area contributed by atoms with Crippen molar-refractivity contribution in [2.24, 2.45) is 0 Å². The Labute approximate surface area is 83.0 Å². The molecule has 0 radical (unpaired) electrons. The summed E-state index contributed by atoms with van der Waals surface area (Å²) < 4.78 is 0. The Morgan fingerprint density at radius 3 is 2.00 bits per heavy atom. The quantitative estimate of drug-likeness (QED) is 0.722. The van der Waals surface area contributed by atoms with Gasteiger partial charge in [-0.15, -0.1) is 0 Å². The zero-order valence-corrected chi connectivity index (χ0v) is 8.10. The zero-order chi connectivity index (χ0) is 10.6. The standard InChI is InChI=1S/C10H12.CH2O3/c1-8-2-4-9(5-3-8)10-6-7-10;2-1(3)4/h2-5,10H,6-7H2,1H3;(H2,2,3,4). The fraction of sp³-hybridized carbons (Fsp3) is 0.364. The molecule has 1 saturated carbocycles. The predicted octanol–water partition coefficient (Wildman–Crippen LogP) is 3.09. The maximum Gasteiger partial charge on any atom is 0.503 e. The molecule has 14 heavy (non-hydrogen) atoms. The van der Waals surface area contributed by atoms with Gasteiger partial charge < -0.3 is 10.2 Å². The van der Waals surface area contributed by atoms with E-state index in [1.54, 1.807) is 0 Å². The Bertz CT molecular complexity index is 295. The first kappa shape index (κ1) is 10.6. The summed E-state index contributed by atoms with van der Waals surface area (Å²) in [6, 6.07) is 8.92. The van der Waals surface area contributed by atoms with Crippen LogP contribution in [0.1, 0.15) is 29.9 Å². The molecule has 76 valence electrons. The molecule has 1 fully saturated rings. The van der Waals surface area contributed by atoms with Crippen LogP contribution in [0.3, 0.4) is 0 Å². The van der Waals surface area contributed by atoms with Crippen LogP contribution in [0.15, 0.2) is 24.3 Å². The van der Waals surface area contributed by atoms with Gasteiger partial charge in [0, 0.05) is 0 Å². The molecule has 0 bridgehead atoms. The fourth-order valence-corrected chi connectivity index (χ4v) is 1.26. The molecule has 1 aliphatic rings. The predicted molar refractivity (Wildman–Crippen MR) is 53.8 cm³/mol. The average molecular weight is 194 g/mol. The van der Waals surface area contributed by atoms with Crippen LogP contribution in [0.2, 0.25) is 0 Å². The minimum atomic E-state index is -1.83. The van der Waals surface area contributed by atoms with Crippen molar-refractivity contribution in [2.75, 3.05) is 0 Å². The van der Waals surface area contributed by atoms with Crippen LogP contribution in [0, 0.1) is 6.92 Å². The summed E-state index contributed by atoms with van der Waals surface area (Å²) in [5.41, 5.74) is 2.90. The van der Waals surface area contributed by atoms with E-state index in [4.69, 9.17) is 15.0 Å². The molecule has 0 aromatic heterocycles. The lowest BCUT2D eigenvalue weighted by atomic mass is 10.1. The molecule has 3 heteroatoms. The van der Waals surface area contributed by atoms with Gasteiger partial charge in [0.2, 0.25) is 0 Å². The van der Waals surface area contributed by atoms with Gasteiger partial charge in [-0.25, -0.2) is 4.79 Å². The Kier molecular flexibility index (Phi) is 3.51. The van der Waals surface area contributed by atoms with Gasteiger partial charge >= 0.3 is 6.16 Å². The van der Waals surface area contributed by atoms with Crippen LogP contribution in [0.4, 0.5) is 4.79 Å². The van der Waals surface area contributed by atoms with Gasteiger partial charge in [0.05, 0.1) is 0 Å². The smallest absolute Gasteiger partial charge is 0.450 e. The second-order valence-corrected chi connectivity index (χ2v) is 3.47. The molecule has 1 aromatic rings. The van der Waals surface area contributed by atoms with Gasteiger partial charge in [0.15, 0.2) is 0 Å². The highest BCUT2D eigenvalue weighted by atomic mass is 16.6. The molecule has 2 rings (SSSR count). The van der Waals surface area contributed by atoms with Crippen molar-refractivity contribution < 1.29 is 15.0 Å². The molecule has 0 spiro atoms. The lowest BCUT2D eigenvalue weighted by molar-refractivity contribution is 0.137. The van der Waals surface area contributed by atoms with Crippen LogP contribution in [-0.4, -0.2) is 16.4 Å². The number of carboxylic acid groups (broad SMARTS) is 2. The fourth-order valence-electron chi connectivity index (χ4n) is 1.26. The second kappa shape index (κ2) is 4.65. The molecule has 2 N–H and O–H groups in total. The number of rotatable bonds is 1. The summed E-state index contributed by atoms with van der Waals surface area (Å²) in [7, 11) is 0. The van der Waals surface area contributed by atoms with Gasteiger partial charge in [0.1, 0.15) is 0 Å². The summed E-state index contributed by atoms with van der Waals surface area (Å²) in [6.07, 6.45) is 0.978. The minimum Gasteiger partial charge on any atom is -0.450 e. The van der Waals surface area contributed by atoms with E-state index in [0.29, 0.717) is 0 Å². The maximum atomic E-state index is 8.56. The van der Waals surface area contributed by atoms with Crippen LogP contribution in [0.25, 0.3) is 0 Å². The van der Waals surface area contributed by atoms with E-state index < -0.39 is 6.16 Å². The first-order valence-electron chi connectivity index (χ1n) is 4.58. The highest BCUT2D eigenvalue weighted by molar-refractivity contribution is 5.53. The van der Waals surface area contributed by atoms with Gasteiger partial charge in [-0.1, -0.05) is 29.8 Å². The van der Waals surface area contributed by atoms with Crippen molar-refractivity contribution in [1.29, 1.82) is 0 Å². The Morgan fingerprint density at radius 2 is 1.64 bits per heavy atom. The largest absolute Gasteiger partial charge is 0.503 e. The molecular formula is C11H14O3. The molecule has 1 aliphatic carbocycles. The summed E-state index contributed by atoms with van der Waals surface area (Å²) in [5.74, 6) is 0.903. The summed E-state index contributed by atoms with van der Waals surface area (Å²) in [4.78, 5) is 8.56. The van der Waals surface area contributed by atoms with Crippen LogP contribution in [0.5, 0.6) is 0 Å². The van der Waals surface area contributed by atoms with E-state index in [1.165, 1.54) is 24.0 Å². The first-order chi connectivity index (χ1) is 6.59. The first-order valence-corrected chi connectivity index (χ1v) is 4.58. The molecule has 0 atom stereocenters. The number of carbonyl (C=O) groups is 1. The Balaban J connectivity index is 0.000000213. The number of hydrogen-bond donors (Lipinski definition) is 2. The van der Waals surface area contributed by atoms with Gasteiger partial charge in [-0.2, -0.15) is 0 Å². The summed E-state index contributed by atoms with van der Waals surface area (Å²) in [6.45, 7) is 2.14. The highest BCUT2D eigenvalue weighted by Gasteiger charge is 2.22. The van der Waals surface area contributed by atoms with Crippen molar-refractivity contribution in [1.82, 2.24) is 0 Å². The van der Waals surface area contributed by atoms with E-state index in [0.717, 1.165) is 5.92 Å². The third-order valence-corrected chi connectivity index (χ3v) is 2.13. The number of aryl methyl sites for hydroxylation is 1. The third-order valence-electron chi connectivity index (χ3n) is 2.13. The zero-order valence-electron chi connectivity index (χ0n) is 8.10. The van der Waals surface area contributed by atoms with Gasteiger partial charge in [-0.3, -0.25) is 0 Å². The van der Waals surface area contributed by atoms with Crippen molar-refractivity contribution in [3.63, 3.8) is 0 Å². The van der Waals surface area contributed by atoms with Gasteiger partial charge in [-0.05, 0) is 31.2 Å². The Morgan fingerprint density at radius 1 is 1.21 bits per heavy atom. The molecule has 0 saturated heterocycles. The van der Waals surface area contributed by atoms with E-state index in [2.05, 4.69) is 31.2 Å². The molecule has 1 aromatic carbocycles. The van der Waals surface area contributed by atoms with E-state index >= 15 is 0 Å². The van der Waals surface area contributed by atoms with Crippen LogP contribution < -0.4 is 0 Å². The van der Waals surface area contributed by atoms with Crippen molar-refractivity contribution in [3.8, 4) is 0 Å². The summed E-state index contributed by atoms with van der Waals surface area (Å²) >= 11 is 0. The molecule has 0 heterocycles. The second-order valence-electron chi connectivity index (χ2n) is 3.47. The van der Waals surface area contributed by atoms with Crippen LogP contribution in [-0.2, 0) is 0 Å². The monoisotopic (exact) mass is 194 g/mol. The van der Waals surface area contributed by atoms with Crippen molar-refractivity contribution in [2.45, 2.75) is 25.7 Å². The molecule has 3 nitrogen and oxygen atoms in total. The molecule has 0 amide bonds. The Hall–Kier alpha value is -1.51. The number of hydrogen-bond acceptors (Lipinski definition) is 1. The van der Waals surface area contributed by atoms with Gasteiger partial charge in [0.25, 0.3) is 0 Å². The van der Waals surface area contributed by atoms with E-state index in [-0.39, 0.29) is 0 Å². The lowest BCUT2D eigenvalue weighted by Crippen LogP contribution is -1.81. The molecule has 0 aliphatic heterocycles. The van der Waals surface area contributed by atoms with Crippen LogP contribution >= 0.6 is 0 Å². The average Bonchev–Trinajstić information content (AvgIpc) is 2.87. The van der Waals surface area contributed by atoms with E-state index in [1.807, 2.05) is 0 Å². The highest BCUT2D eigenvalue weighted by Crippen LogP contribution is 2.39. The normalized spacial score (nSPS) is 14.1. The lowest BCUT2D eigenvalue weighted by Gasteiger charge is -1.96. The third kappa shape index (κ3) is 3.94. The van der Waals surface area contributed by atoms with Crippen molar-refractivity contribution in [3.05, 3.63) is 35.4 Å². The topological polar surface area (TPSA) is 57.5 Å². The molecule has 0 unspecified atom stereocenters. The maximum absolute atomic E-state index is 8.56. The van der Waals surface area contributed by atoms with Crippen molar-refractivity contribution >= 4 is 6.16 Å². The minimum absolute atomic E-state index is 0.903. The SMILES string of the molecule is Cc1ccc(C2CC2)cc1.O=C(O)O. The molecular weight excluding hydrogens is 180 g/mol. The summed E-state index contributed by atoms with van der Waals surface area (Å²) in [5, 5.41) is 13.9. The number of benzene rings is 1.